The number of carbonyl (C=O) groups is 2. The second-order valence-electron chi connectivity index (χ2n) is 8.35. The number of ether oxygens (including phenoxy) is 3. The summed E-state index contributed by atoms with van der Waals surface area (Å²) in [6.45, 7) is 2.25. The van der Waals surface area contributed by atoms with Crippen LogP contribution < -0.4 is 14.2 Å². The number of aromatic nitrogens is 1. The van der Waals surface area contributed by atoms with Crippen LogP contribution >= 0.6 is 0 Å². The molecule has 1 aliphatic rings. The molecule has 1 N–H and O–H groups in total. The molecule has 2 aromatic carbocycles. The van der Waals surface area contributed by atoms with Gasteiger partial charge < -0.3 is 24.2 Å². The van der Waals surface area contributed by atoms with Crippen molar-refractivity contribution in [2.24, 2.45) is 5.92 Å². The van der Waals surface area contributed by atoms with Gasteiger partial charge in [0.15, 0.2) is 0 Å². The highest BCUT2D eigenvalue weighted by Gasteiger charge is 2.24. The number of likely N-dealkylation sites (tertiary alicyclic amines) is 1. The van der Waals surface area contributed by atoms with Crippen molar-refractivity contribution < 1.29 is 28.9 Å². The average Bonchev–Trinajstić information content (AvgIpc) is 2.89. The van der Waals surface area contributed by atoms with Crippen LogP contribution in [-0.2, 0) is 6.42 Å². The Kier molecular flexibility index (Phi) is 8.17. The van der Waals surface area contributed by atoms with Crippen LogP contribution in [0.1, 0.15) is 28.8 Å². The summed E-state index contributed by atoms with van der Waals surface area (Å²) in [5.41, 5.74) is 1.31. The molecule has 0 unspecified atom stereocenters. The summed E-state index contributed by atoms with van der Waals surface area (Å²) in [7, 11) is 0. The molecule has 3 aromatic rings. The number of pyridine rings is 1. The number of aromatic carboxylic acids is 1. The molecular weight excluding hydrogens is 448 g/mol. The molecule has 4 rings (SSSR count). The molecule has 0 bridgehead atoms. The third-order valence-electron chi connectivity index (χ3n) is 5.87. The molecule has 182 valence electrons. The van der Waals surface area contributed by atoms with Gasteiger partial charge in [0.05, 0.1) is 18.8 Å². The Balaban J connectivity index is 1.15. The summed E-state index contributed by atoms with van der Waals surface area (Å²) in [6, 6.07) is 19.4. The van der Waals surface area contributed by atoms with Crippen molar-refractivity contribution in [3.63, 3.8) is 0 Å². The van der Waals surface area contributed by atoms with Crippen LogP contribution in [0.15, 0.2) is 72.9 Å². The number of amides is 1. The second-order valence-corrected chi connectivity index (χ2v) is 8.35. The summed E-state index contributed by atoms with van der Waals surface area (Å²) in [5, 5.41) is 8.96. The quantitative estimate of drug-likeness (QED) is 0.478. The van der Waals surface area contributed by atoms with Gasteiger partial charge in [-0.2, -0.15) is 0 Å². The lowest BCUT2D eigenvalue weighted by atomic mass is 9.98. The third kappa shape index (κ3) is 7.20. The molecule has 0 spiro atoms. The molecule has 8 nitrogen and oxygen atoms in total. The SMILES string of the molecule is O=C(O)c1ccc(OCC2CCN(C(=O)Oc3ccc(CCOc4ccccn4)cc3)CC2)cc1. The molecule has 0 radical (unpaired) electrons. The molecule has 1 fully saturated rings. The van der Waals surface area contributed by atoms with Crippen molar-refractivity contribution >= 4 is 12.1 Å². The van der Waals surface area contributed by atoms with Crippen molar-refractivity contribution in [2.75, 3.05) is 26.3 Å². The van der Waals surface area contributed by atoms with Crippen molar-refractivity contribution in [3.8, 4) is 17.4 Å². The summed E-state index contributed by atoms with van der Waals surface area (Å²) < 4.78 is 17.0. The zero-order valence-electron chi connectivity index (χ0n) is 19.3. The van der Waals surface area contributed by atoms with Gasteiger partial charge in [0.25, 0.3) is 0 Å². The maximum absolute atomic E-state index is 12.6. The summed E-state index contributed by atoms with van der Waals surface area (Å²) in [4.78, 5) is 29.3. The van der Waals surface area contributed by atoms with E-state index in [9.17, 15) is 9.59 Å². The number of rotatable bonds is 9. The van der Waals surface area contributed by atoms with Crippen LogP contribution in [0.2, 0.25) is 0 Å². The van der Waals surface area contributed by atoms with E-state index < -0.39 is 5.97 Å². The van der Waals surface area contributed by atoms with Gasteiger partial charge in [-0.25, -0.2) is 14.6 Å². The molecule has 1 saturated heterocycles. The first-order chi connectivity index (χ1) is 17.1. The van der Waals surface area contributed by atoms with E-state index >= 15 is 0 Å². The minimum atomic E-state index is -0.960. The lowest BCUT2D eigenvalue weighted by Gasteiger charge is -2.31. The average molecular weight is 477 g/mol. The lowest BCUT2D eigenvalue weighted by Crippen LogP contribution is -2.41. The highest BCUT2D eigenvalue weighted by Crippen LogP contribution is 2.22. The predicted octanol–water partition coefficient (Wildman–Crippen LogP) is 4.69. The number of hydrogen-bond acceptors (Lipinski definition) is 6. The summed E-state index contributed by atoms with van der Waals surface area (Å²) in [5.74, 6) is 1.12. The van der Waals surface area contributed by atoms with Gasteiger partial charge in [0.1, 0.15) is 11.5 Å². The maximum Gasteiger partial charge on any atom is 0.415 e. The molecule has 0 atom stereocenters. The van der Waals surface area contributed by atoms with Gasteiger partial charge in [0.2, 0.25) is 5.88 Å². The van der Waals surface area contributed by atoms with Gasteiger partial charge in [-0.1, -0.05) is 18.2 Å². The molecule has 2 heterocycles. The molecular formula is C27H28N2O6. The van der Waals surface area contributed by atoms with Crippen molar-refractivity contribution in [3.05, 3.63) is 84.1 Å². The van der Waals surface area contributed by atoms with Crippen LogP contribution in [-0.4, -0.2) is 53.4 Å². The van der Waals surface area contributed by atoms with E-state index in [1.54, 1.807) is 35.4 Å². The Labute approximate surface area is 204 Å². The van der Waals surface area contributed by atoms with Gasteiger partial charge in [-0.05, 0) is 66.8 Å². The van der Waals surface area contributed by atoms with Crippen molar-refractivity contribution in [2.45, 2.75) is 19.3 Å². The molecule has 35 heavy (non-hydrogen) atoms. The van der Waals surface area contributed by atoms with Gasteiger partial charge >= 0.3 is 12.1 Å². The van der Waals surface area contributed by atoms with Crippen molar-refractivity contribution in [1.29, 1.82) is 0 Å². The molecule has 0 aliphatic carbocycles. The fourth-order valence-corrected chi connectivity index (χ4v) is 3.79. The zero-order valence-corrected chi connectivity index (χ0v) is 19.3. The van der Waals surface area contributed by atoms with Crippen molar-refractivity contribution in [1.82, 2.24) is 9.88 Å². The fourth-order valence-electron chi connectivity index (χ4n) is 3.79. The van der Waals surface area contributed by atoms with E-state index in [0.29, 0.717) is 49.6 Å². The maximum atomic E-state index is 12.6. The minimum Gasteiger partial charge on any atom is -0.493 e. The minimum absolute atomic E-state index is 0.230. The first-order valence-corrected chi connectivity index (χ1v) is 11.6. The van der Waals surface area contributed by atoms with Crippen LogP contribution in [0.4, 0.5) is 4.79 Å². The topological polar surface area (TPSA) is 98.2 Å². The van der Waals surface area contributed by atoms with E-state index in [1.807, 2.05) is 30.3 Å². The summed E-state index contributed by atoms with van der Waals surface area (Å²) >= 11 is 0. The second kappa shape index (κ2) is 11.9. The smallest absolute Gasteiger partial charge is 0.415 e. The Morgan fingerprint density at radius 3 is 2.29 bits per heavy atom. The monoisotopic (exact) mass is 476 g/mol. The number of carbonyl (C=O) groups excluding carboxylic acids is 1. The first-order valence-electron chi connectivity index (χ1n) is 11.6. The number of benzene rings is 2. The number of piperidine rings is 1. The van der Waals surface area contributed by atoms with E-state index in [4.69, 9.17) is 19.3 Å². The molecule has 1 aromatic heterocycles. The van der Waals surface area contributed by atoms with Crippen LogP contribution in [0.3, 0.4) is 0 Å². The Bertz CT molecular complexity index is 1090. The number of carboxylic acid groups (broad SMARTS) is 1. The molecule has 1 amide bonds. The van der Waals surface area contributed by atoms with Gasteiger partial charge in [-0.3, -0.25) is 0 Å². The van der Waals surface area contributed by atoms with Gasteiger partial charge in [-0.15, -0.1) is 0 Å². The van der Waals surface area contributed by atoms with Crippen LogP contribution in [0, 0.1) is 5.92 Å². The standard InChI is InChI=1S/C27H28N2O6/c30-26(31)22-6-10-23(11-7-22)34-19-21-12-16-29(17-13-21)27(32)35-24-8-4-20(5-9-24)14-18-33-25-3-1-2-15-28-25/h1-11,15,21H,12-14,16-19H2,(H,30,31). The Morgan fingerprint density at radius 2 is 1.63 bits per heavy atom. The summed E-state index contributed by atoms with van der Waals surface area (Å²) in [6.07, 6.45) is 3.71. The van der Waals surface area contributed by atoms with E-state index in [2.05, 4.69) is 4.98 Å². The lowest BCUT2D eigenvalue weighted by molar-refractivity contribution is 0.0696. The molecule has 0 saturated carbocycles. The van der Waals surface area contributed by atoms with Gasteiger partial charge in [0, 0.05) is 31.8 Å². The Morgan fingerprint density at radius 1 is 0.914 bits per heavy atom. The Hall–Kier alpha value is -4.07. The highest BCUT2D eigenvalue weighted by atomic mass is 16.6. The highest BCUT2D eigenvalue weighted by molar-refractivity contribution is 5.87. The fraction of sp³-hybridized carbons (Fsp3) is 0.296. The van der Waals surface area contributed by atoms with E-state index in [0.717, 1.165) is 24.8 Å². The van der Waals surface area contributed by atoms with E-state index in [1.165, 1.54) is 12.1 Å². The number of nitrogens with zero attached hydrogens (tertiary/aromatic N) is 2. The number of carboxylic acids is 1. The van der Waals surface area contributed by atoms with Crippen LogP contribution in [0.25, 0.3) is 0 Å². The molecule has 8 heteroatoms. The number of hydrogen-bond donors (Lipinski definition) is 1. The van der Waals surface area contributed by atoms with E-state index in [-0.39, 0.29) is 11.7 Å². The molecule has 1 aliphatic heterocycles. The van der Waals surface area contributed by atoms with Crippen LogP contribution in [0.5, 0.6) is 17.4 Å². The zero-order chi connectivity index (χ0) is 24.5. The largest absolute Gasteiger partial charge is 0.493 e. The predicted molar refractivity (Wildman–Crippen MR) is 129 cm³/mol. The third-order valence-corrected chi connectivity index (χ3v) is 5.87. The normalized spacial score (nSPS) is 13.8. The first kappa shape index (κ1) is 24.1.